The maximum atomic E-state index is 14.9. The zero-order chi connectivity index (χ0) is 30.8. The summed E-state index contributed by atoms with van der Waals surface area (Å²) in [5, 5.41) is 3.56. The van der Waals surface area contributed by atoms with E-state index in [1.54, 1.807) is 42.5 Å². The Morgan fingerprint density at radius 1 is 0.977 bits per heavy atom. The van der Waals surface area contributed by atoms with Gasteiger partial charge in [0.2, 0.25) is 21.8 Å². The van der Waals surface area contributed by atoms with E-state index in [9.17, 15) is 22.4 Å². The zero-order valence-electron chi connectivity index (χ0n) is 24.4. The summed E-state index contributed by atoms with van der Waals surface area (Å²) in [6, 6.07) is 21.3. The molecule has 1 fully saturated rings. The lowest BCUT2D eigenvalue weighted by Gasteiger charge is -2.34. The van der Waals surface area contributed by atoms with Crippen LogP contribution in [-0.4, -0.2) is 50.0 Å². The molecule has 2 amide bonds. The van der Waals surface area contributed by atoms with Crippen molar-refractivity contribution < 1.29 is 22.4 Å². The van der Waals surface area contributed by atoms with Gasteiger partial charge in [-0.05, 0) is 49.1 Å². The molecular weight excluding hydrogens is 589 g/mol. The molecule has 43 heavy (non-hydrogen) atoms. The third-order valence-corrected chi connectivity index (χ3v) is 9.20. The summed E-state index contributed by atoms with van der Waals surface area (Å²) >= 11 is 6.10. The fourth-order valence-electron chi connectivity index (χ4n) is 5.54. The summed E-state index contributed by atoms with van der Waals surface area (Å²) in [6.45, 7) is -0.0543. The van der Waals surface area contributed by atoms with Crippen LogP contribution in [0.3, 0.4) is 0 Å². The molecule has 3 aromatic rings. The van der Waals surface area contributed by atoms with Crippen molar-refractivity contribution in [2.24, 2.45) is 0 Å². The van der Waals surface area contributed by atoms with Crippen LogP contribution in [0.15, 0.2) is 78.9 Å². The van der Waals surface area contributed by atoms with Gasteiger partial charge in [-0.1, -0.05) is 85.5 Å². The predicted octanol–water partition coefficient (Wildman–Crippen LogP) is 6.11. The largest absolute Gasteiger partial charge is 0.352 e. The molecular formula is C33H39ClFN3O4S. The molecule has 0 saturated heterocycles. The molecule has 0 radical (unpaired) electrons. The number of carbonyl (C=O) groups excluding carboxylic acids is 2. The van der Waals surface area contributed by atoms with Crippen LogP contribution in [0.1, 0.15) is 56.1 Å². The maximum absolute atomic E-state index is 14.9. The highest BCUT2D eigenvalue weighted by Gasteiger charge is 2.32. The average Bonchev–Trinajstić information content (AvgIpc) is 2.98. The number of nitrogens with zero attached hydrogens (tertiary/aromatic N) is 2. The molecule has 0 aliphatic heterocycles. The maximum Gasteiger partial charge on any atom is 0.243 e. The highest BCUT2D eigenvalue weighted by atomic mass is 35.5. The minimum Gasteiger partial charge on any atom is -0.352 e. The van der Waals surface area contributed by atoms with E-state index in [4.69, 9.17) is 11.6 Å². The van der Waals surface area contributed by atoms with Crippen LogP contribution >= 0.6 is 11.6 Å². The molecule has 3 aromatic carbocycles. The Morgan fingerprint density at radius 2 is 1.67 bits per heavy atom. The predicted molar refractivity (Wildman–Crippen MR) is 169 cm³/mol. The van der Waals surface area contributed by atoms with Gasteiger partial charge in [-0.25, -0.2) is 12.8 Å². The fraction of sp³-hybridized carbons (Fsp3) is 0.394. The fourth-order valence-corrected chi connectivity index (χ4v) is 6.69. The van der Waals surface area contributed by atoms with Gasteiger partial charge < -0.3 is 10.2 Å². The first-order chi connectivity index (χ1) is 20.6. The van der Waals surface area contributed by atoms with Crippen molar-refractivity contribution in [3.05, 3.63) is 101 Å². The molecule has 0 bridgehead atoms. The molecule has 1 aliphatic carbocycles. The average molecular weight is 628 g/mol. The topological polar surface area (TPSA) is 86.8 Å². The number of amides is 2. The van der Waals surface area contributed by atoms with Gasteiger partial charge in [0, 0.05) is 42.6 Å². The standard InChI is InChI=1S/C33H39ClFN3O4S/c1-43(41,42)38(29-18-10-15-27(34)23-29)21-11-20-32(39)37(24-26-14-8-9-19-30(26)35)31(22-25-12-4-2-5-13-25)33(40)36-28-16-6-3-7-17-28/h2,4-5,8-10,12-15,18-19,23,28,31H,3,6-7,11,16-17,20-22,24H2,1H3,(H,36,40)/t31-/m0/s1. The number of anilines is 1. The number of halogens is 2. The molecule has 10 heteroatoms. The van der Waals surface area contributed by atoms with Crippen LogP contribution in [0.4, 0.5) is 10.1 Å². The van der Waals surface area contributed by atoms with Crippen LogP contribution in [-0.2, 0) is 32.6 Å². The Bertz CT molecular complexity index is 1480. The van der Waals surface area contributed by atoms with Gasteiger partial charge in [0.25, 0.3) is 0 Å². The van der Waals surface area contributed by atoms with E-state index >= 15 is 0 Å². The van der Waals surface area contributed by atoms with Crippen LogP contribution in [0, 0.1) is 5.82 Å². The van der Waals surface area contributed by atoms with Crippen LogP contribution in [0.5, 0.6) is 0 Å². The van der Waals surface area contributed by atoms with E-state index in [2.05, 4.69) is 5.32 Å². The Labute approximate surface area is 259 Å². The molecule has 1 aliphatic rings. The van der Waals surface area contributed by atoms with Gasteiger partial charge in [-0.3, -0.25) is 13.9 Å². The van der Waals surface area contributed by atoms with Crippen molar-refractivity contribution >= 4 is 39.1 Å². The quantitative estimate of drug-likeness (QED) is 0.248. The lowest BCUT2D eigenvalue weighted by atomic mass is 9.94. The van der Waals surface area contributed by atoms with Crippen molar-refractivity contribution in [3.8, 4) is 0 Å². The number of hydrogen-bond donors (Lipinski definition) is 1. The molecule has 1 atom stereocenters. The monoisotopic (exact) mass is 627 g/mol. The number of benzene rings is 3. The van der Waals surface area contributed by atoms with Crippen molar-refractivity contribution in [2.45, 2.75) is 70.0 Å². The molecule has 7 nitrogen and oxygen atoms in total. The second-order valence-electron chi connectivity index (χ2n) is 11.1. The zero-order valence-corrected chi connectivity index (χ0v) is 26.0. The van der Waals surface area contributed by atoms with Gasteiger partial charge in [0.1, 0.15) is 11.9 Å². The summed E-state index contributed by atoms with van der Waals surface area (Å²) in [7, 11) is -3.66. The Hall–Kier alpha value is -3.43. The number of carbonyl (C=O) groups is 2. The molecule has 1 N–H and O–H groups in total. The SMILES string of the molecule is CS(=O)(=O)N(CCCC(=O)N(Cc1ccccc1F)[C@@H](Cc1ccccc1)C(=O)NC1CCCCC1)c1cccc(Cl)c1. The normalized spacial score (nSPS) is 14.6. The van der Waals surface area contributed by atoms with Crippen molar-refractivity contribution in [1.29, 1.82) is 0 Å². The molecule has 0 unspecified atom stereocenters. The third kappa shape index (κ3) is 9.53. The lowest BCUT2D eigenvalue weighted by molar-refractivity contribution is -0.141. The van der Waals surface area contributed by atoms with Crippen LogP contribution in [0.2, 0.25) is 5.02 Å². The van der Waals surface area contributed by atoms with Gasteiger partial charge in [-0.15, -0.1) is 0 Å². The Morgan fingerprint density at radius 3 is 2.35 bits per heavy atom. The van der Waals surface area contributed by atoms with E-state index < -0.39 is 21.9 Å². The Balaban J connectivity index is 1.60. The number of rotatable bonds is 13. The van der Waals surface area contributed by atoms with E-state index in [1.165, 1.54) is 15.3 Å². The summed E-state index contributed by atoms with van der Waals surface area (Å²) in [6.07, 6.45) is 6.50. The second-order valence-corrected chi connectivity index (χ2v) is 13.4. The smallest absolute Gasteiger partial charge is 0.243 e. The van der Waals surface area contributed by atoms with E-state index in [1.807, 2.05) is 30.3 Å². The lowest BCUT2D eigenvalue weighted by Crippen LogP contribution is -2.53. The van der Waals surface area contributed by atoms with Crippen LogP contribution in [0.25, 0.3) is 0 Å². The van der Waals surface area contributed by atoms with E-state index in [-0.39, 0.29) is 50.2 Å². The highest BCUT2D eigenvalue weighted by Crippen LogP contribution is 2.24. The first-order valence-electron chi connectivity index (χ1n) is 14.7. The highest BCUT2D eigenvalue weighted by molar-refractivity contribution is 7.92. The van der Waals surface area contributed by atoms with Gasteiger partial charge >= 0.3 is 0 Å². The Kier molecular flexibility index (Phi) is 11.6. The van der Waals surface area contributed by atoms with E-state index in [0.29, 0.717) is 16.3 Å². The molecule has 4 rings (SSSR count). The van der Waals surface area contributed by atoms with Crippen LogP contribution < -0.4 is 9.62 Å². The summed E-state index contributed by atoms with van der Waals surface area (Å²) in [5.41, 5.74) is 1.58. The first-order valence-corrected chi connectivity index (χ1v) is 16.9. The number of nitrogens with one attached hydrogen (secondary N) is 1. The molecule has 230 valence electrons. The first kappa shape index (κ1) is 32.5. The molecule has 1 saturated carbocycles. The minimum atomic E-state index is -3.66. The van der Waals surface area contributed by atoms with Gasteiger partial charge in [-0.2, -0.15) is 0 Å². The number of sulfonamides is 1. The molecule has 0 spiro atoms. The number of hydrogen-bond acceptors (Lipinski definition) is 4. The summed E-state index contributed by atoms with van der Waals surface area (Å²) in [4.78, 5) is 29.3. The van der Waals surface area contributed by atoms with Gasteiger partial charge in [0.05, 0.1) is 11.9 Å². The molecule has 0 heterocycles. The van der Waals surface area contributed by atoms with Gasteiger partial charge in [0.15, 0.2) is 0 Å². The van der Waals surface area contributed by atoms with E-state index in [0.717, 1.165) is 43.9 Å². The molecule has 0 aromatic heterocycles. The van der Waals surface area contributed by atoms with Crippen molar-refractivity contribution in [2.75, 3.05) is 17.1 Å². The second kappa shape index (κ2) is 15.3. The van der Waals surface area contributed by atoms with Crippen molar-refractivity contribution in [3.63, 3.8) is 0 Å². The summed E-state index contributed by atoms with van der Waals surface area (Å²) in [5.74, 6) is -1.09. The van der Waals surface area contributed by atoms with Crippen molar-refractivity contribution in [1.82, 2.24) is 10.2 Å². The summed E-state index contributed by atoms with van der Waals surface area (Å²) < 4.78 is 41.3. The minimum absolute atomic E-state index is 0.0333. The third-order valence-electron chi connectivity index (χ3n) is 7.77.